The quantitative estimate of drug-likeness (QED) is 0.507. The SMILES string of the molecule is CC.CCCC(COCc1ccccc1)=NC(=C(C)C)C(C)C. The van der Waals surface area contributed by atoms with Gasteiger partial charge in [-0.1, -0.05) is 76.9 Å². The number of benzene rings is 1. The molecule has 1 aromatic carbocycles. The van der Waals surface area contributed by atoms with E-state index in [9.17, 15) is 0 Å². The molecule has 0 N–H and O–H groups in total. The first-order chi connectivity index (χ1) is 11.0. The average Bonchev–Trinajstić information content (AvgIpc) is 2.54. The van der Waals surface area contributed by atoms with Gasteiger partial charge in [0, 0.05) is 11.4 Å². The minimum atomic E-state index is 0.455. The Balaban J connectivity index is 0.00000232. The van der Waals surface area contributed by atoms with E-state index >= 15 is 0 Å². The molecule has 1 rings (SSSR count). The van der Waals surface area contributed by atoms with Crippen LogP contribution >= 0.6 is 0 Å². The molecule has 0 amide bonds. The van der Waals surface area contributed by atoms with Crippen LogP contribution in [0.4, 0.5) is 0 Å². The lowest BCUT2D eigenvalue weighted by molar-refractivity contribution is 0.157. The molecular formula is C21H35NO. The van der Waals surface area contributed by atoms with Gasteiger partial charge in [0.2, 0.25) is 0 Å². The molecule has 2 heteroatoms. The number of aliphatic imine (C=N–C) groups is 1. The van der Waals surface area contributed by atoms with Gasteiger partial charge < -0.3 is 4.74 Å². The summed E-state index contributed by atoms with van der Waals surface area (Å²) in [5.41, 5.74) is 4.85. The first-order valence-corrected chi connectivity index (χ1v) is 8.90. The van der Waals surface area contributed by atoms with E-state index < -0.39 is 0 Å². The zero-order valence-corrected chi connectivity index (χ0v) is 16.1. The van der Waals surface area contributed by atoms with Crippen molar-refractivity contribution in [1.29, 1.82) is 0 Å². The molecule has 0 unspecified atom stereocenters. The fraction of sp³-hybridized carbons (Fsp3) is 0.571. The van der Waals surface area contributed by atoms with Gasteiger partial charge >= 0.3 is 0 Å². The summed E-state index contributed by atoms with van der Waals surface area (Å²) in [4.78, 5) is 4.87. The van der Waals surface area contributed by atoms with Crippen LogP contribution in [0.15, 0.2) is 46.6 Å². The monoisotopic (exact) mass is 317 g/mol. The van der Waals surface area contributed by atoms with Crippen molar-refractivity contribution in [2.24, 2.45) is 10.9 Å². The predicted molar refractivity (Wildman–Crippen MR) is 103 cm³/mol. The highest BCUT2D eigenvalue weighted by atomic mass is 16.5. The minimum Gasteiger partial charge on any atom is -0.371 e. The Morgan fingerprint density at radius 1 is 1.09 bits per heavy atom. The van der Waals surface area contributed by atoms with E-state index in [-0.39, 0.29) is 0 Å². The van der Waals surface area contributed by atoms with Crippen LogP contribution in [0.3, 0.4) is 0 Å². The summed E-state index contributed by atoms with van der Waals surface area (Å²) in [6.45, 7) is 16.1. The number of rotatable bonds is 8. The maximum absolute atomic E-state index is 5.84. The number of hydrogen-bond acceptors (Lipinski definition) is 2. The van der Waals surface area contributed by atoms with Crippen LogP contribution in [0, 0.1) is 5.92 Å². The molecule has 0 heterocycles. The third kappa shape index (κ3) is 9.35. The van der Waals surface area contributed by atoms with Crippen LogP contribution in [-0.2, 0) is 11.3 Å². The molecule has 0 saturated carbocycles. The van der Waals surface area contributed by atoms with E-state index in [4.69, 9.17) is 9.73 Å². The molecule has 0 aromatic heterocycles. The van der Waals surface area contributed by atoms with Gasteiger partial charge in [-0.3, -0.25) is 4.99 Å². The molecule has 0 aliphatic rings. The van der Waals surface area contributed by atoms with Gasteiger partial charge in [0.15, 0.2) is 0 Å². The lowest BCUT2D eigenvalue weighted by atomic mass is 10.1. The summed E-state index contributed by atoms with van der Waals surface area (Å²) in [5, 5.41) is 0. The fourth-order valence-corrected chi connectivity index (χ4v) is 2.30. The number of ether oxygens (including phenoxy) is 1. The molecule has 0 aliphatic carbocycles. The maximum Gasteiger partial charge on any atom is 0.0853 e. The highest BCUT2D eigenvalue weighted by Gasteiger charge is 2.07. The molecule has 0 aliphatic heterocycles. The second-order valence-corrected chi connectivity index (χ2v) is 5.95. The summed E-state index contributed by atoms with van der Waals surface area (Å²) >= 11 is 0. The molecular weight excluding hydrogens is 282 g/mol. The van der Waals surface area contributed by atoms with Crippen LogP contribution < -0.4 is 0 Å². The Labute approximate surface area is 143 Å². The van der Waals surface area contributed by atoms with Crippen molar-refractivity contribution in [3.8, 4) is 0 Å². The van der Waals surface area contributed by atoms with Crippen molar-refractivity contribution in [3.05, 3.63) is 47.2 Å². The van der Waals surface area contributed by atoms with Crippen LogP contribution in [-0.4, -0.2) is 12.3 Å². The maximum atomic E-state index is 5.84. The van der Waals surface area contributed by atoms with Crippen molar-refractivity contribution in [2.75, 3.05) is 6.61 Å². The molecule has 1 aromatic rings. The Kier molecular flexibility index (Phi) is 12.3. The molecule has 23 heavy (non-hydrogen) atoms. The largest absolute Gasteiger partial charge is 0.371 e. The molecule has 0 bridgehead atoms. The Morgan fingerprint density at radius 3 is 2.17 bits per heavy atom. The van der Waals surface area contributed by atoms with Gasteiger partial charge in [0.1, 0.15) is 0 Å². The average molecular weight is 318 g/mol. The van der Waals surface area contributed by atoms with Crippen LogP contribution in [0.2, 0.25) is 0 Å². The van der Waals surface area contributed by atoms with Gasteiger partial charge in [0.05, 0.1) is 13.2 Å². The van der Waals surface area contributed by atoms with Crippen molar-refractivity contribution < 1.29 is 4.74 Å². The van der Waals surface area contributed by atoms with Gasteiger partial charge in [-0.05, 0) is 31.7 Å². The van der Waals surface area contributed by atoms with Crippen molar-refractivity contribution in [1.82, 2.24) is 0 Å². The van der Waals surface area contributed by atoms with E-state index in [2.05, 4.69) is 46.8 Å². The van der Waals surface area contributed by atoms with E-state index in [0.29, 0.717) is 19.1 Å². The fourth-order valence-electron chi connectivity index (χ4n) is 2.30. The number of hydrogen-bond donors (Lipinski definition) is 0. The van der Waals surface area contributed by atoms with Crippen LogP contribution in [0.5, 0.6) is 0 Å². The lowest BCUT2D eigenvalue weighted by Crippen LogP contribution is -2.11. The molecule has 2 nitrogen and oxygen atoms in total. The second kappa shape index (κ2) is 13.1. The van der Waals surface area contributed by atoms with Gasteiger partial charge in [-0.15, -0.1) is 0 Å². The summed E-state index contributed by atoms with van der Waals surface area (Å²) in [7, 11) is 0. The first-order valence-electron chi connectivity index (χ1n) is 8.90. The van der Waals surface area contributed by atoms with E-state index in [1.54, 1.807) is 0 Å². The summed E-state index contributed by atoms with van der Waals surface area (Å²) in [6.07, 6.45) is 2.10. The molecule has 0 radical (unpaired) electrons. The van der Waals surface area contributed by atoms with Crippen molar-refractivity contribution >= 4 is 5.71 Å². The smallest absolute Gasteiger partial charge is 0.0853 e. The molecule has 0 saturated heterocycles. The summed E-state index contributed by atoms with van der Waals surface area (Å²) in [5.74, 6) is 0.455. The highest BCUT2D eigenvalue weighted by Crippen LogP contribution is 2.17. The second-order valence-electron chi connectivity index (χ2n) is 5.95. The Bertz CT molecular complexity index is 468. The van der Waals surface area contributed by atoms with Crippen molar-refractivity contribution in [3.63, 3.8) is 0 Å². The standard InChI is InChI=1S/C19H29NO.C2H6/c1-6-10-18(20-19(15(2)3)16(4)5)14-21-13-17-11-8-7-9-12-17;1-2/h7-9,11-12,15H,6,10,13-14H2,1-5H3;1-2H3. The molecule has 0 spiro atoms. The lowest BCUT2D eigenvalue weighted by Gasteiger charge is -2.13. The number of allylic oxidation sites excluding steroid dienone is 2. The van der Waals surface area contributed by atoms with Crippen molar-refractivity contribution in [2.45, 2.75) is 67.9 Å². The highest BCUT2D eigenvalue weighted by molar-refractivity contribution is 5.86. The summed E-state index contributed by atoms with van der Waals surface area (Å²) < 4.78 is 5.84. The Hall–Kier alpha value is -1.41. The van der Waals surface area contributed by atoms with Gasteiger partial charge in [-0.2, -0.15) is 0 Å². The van der Waals surface area contributed by atoms with Crippen LogP contribution in [0.1, 0.15) is 66.9 Å². The zero-order valence-electron chi connectivity index (χ0n) is 16.1. The third-order valence-electron chi connectivity index (χ3n) is 3.26. The normalized spacial score (nSPS) is 11.0. The predicted octanol–water partition coefficient (Wildman–Crippen LogP) is 6.42. The first kappa shape index (κ1) is 21.6. The van der Waals surface area contributed by atoms with Gasteiger partial charge in [-0.25, -0.2) is 0 Å². The Morgan fingerprint density at radius 2 is 1.70 bits per heavy atom. The summed E-state index contributed by atoms with van der Waals surface area (Å²) in [6, 6.07) is 10.3. The molecule has 130 valence electrons. The van der Waals surface area contributed by atoms with E-state index in [1.165, 1.54) is 16.8 Å². The molecule has 0 fully saturated rings. The number of nitrogens with zero attached hydrogens (tertiary/aromatic N) is 1. The third-order valence-corrected chi connectivity index (χ3v) is 3.26. The van der Waals surface area contributed by atoms with E-state index in [0.717, 1.165) is 18.6 Å². The topological polar surface area (TPSA) is 21.6 Å². The van der Waals surface area contributed by atoms with Crippen LogP contribution in [0.25, 0.3) is 0 Å². The van der Waals surface area contributed by atoms with E-state index in [1.807, 2.05) is 32.0 Å². The molecule has 0 atom stereocenters. The zero-order chi connectivity index (χ0) is 17.7. The minimum absolute atomic E-state index is 0.455. The van der Waals surface area contributed by atoms with Gasteiger partial charge in [0.25, 0.3) is 0 Å².